The molecular weight excluding hydrogens is 375 g/mol. The number of nitrogens with one attached hydrogen (secondary N) is 1. The van der Waals surface area contributed by atoms with Crippen LogP contribution in [-0.2, 0) is 14.3 Å². The molecular formula is C18H15FN2O7. The van der Waals surface area contributed by atoms with Crippen LogP contribution in [0.1, 0.15) is 17.3 Å². The van der Waals surface area contributed by atoms with Crippen LogP contribution in [0.25, 0.3) is 0 Å². The van der Waals surface area contributed by atoms with Crippen molar-refractivity contribution in [2.24, 2.45) is 0 Å². The molecule has 2 aromatic carbocycles. The van der Waals surface area contributed by atoms with Crippen molar-refractivity contribution in [1.29, 1.82) is 0 Å². The normalized spacial score (nSPS) is 10.1. The van der Waals surface area contributed by atoms with Gasteiger partial charge in [0.15, 0.2) is 19.0 Å². The van der Waals surface area contributed by atoms with Gasteiger partial charge in [0.1, 0.15) is 11.6 Å². The number of hydrogen-bond donors (Lipinski definition) is 1. The fraction of sp³-hybridized carbons (Fsp3) is 0.167. The number of anilines is 1. The summed E-state index contributed by atoms with van der Waals surface area (Å²) in [6.07, 6.45) is 0. The molecule has 0 atom stereocenters. The molecule has 9 nitrogen and oxygen atoms in total. The summed E-state index contributed by atoms with van der Waals surface area (Å²) in [5.74, 6) is -2.53. The van der Waals surface area contributed by atoms with E-state index in [1.807, 2.05) is 0 Å². The fourth-order valence-electron chi connectivity index (χ4n) is 2.04. The zero-order valence-corrected chi connectivity index (χ0v) is 14.6. The van der Waals surface area contributed by atoms with Gasteiger partial charge in [-0.3, -0.25) is 19.7 Å². The van der Waals surface area contributed by atoms with Crippen molar-refractivity contribution >= 4 is 29.0 Å². The van der Waals surface area contributed by atoms with Gasteiger partial charge in [-0.15, -0.1) is 0 Å². The zero-order valence-electron chi connectivity index (χ0n) is 14.6. The first-order valence-electron chi connectivity index (χ1n) is 7.89. The number of halogens is 1. The van der Waals surface area contributed by atoms with E-state index < -0.39 is 47.2 Å². The van der Waals surface area contributed by atoms with Gasteiger partial charge < -0.3 is 14.8 Å². The Labute approximate surface area is 158 Å². The van der Waals surface area contributed by atoms with Crippen LogP contribution in [0, 0.1) is 15.9 Å². The van der Waals surface area contributed by atoms with Crippen LogP contribution >= 0.6 is 0 Å². The first-order valence-corrected chi connectivity index (χ1v) is 7.89. The van der Waals surface area contributed by atoms with Crippen molar-refractivity contribution in [3.63, 3.8) is 0 Å². The van der Waals surface area contributed by atoms with E-state index in [9.17, 15) is 28.9 Å². The first-order chi connectivity index (χ1) is 13.3. The number of carbonyl (C=O) groups excluding carboxylic acids is 3. The van der Waals surface area contributed by atoms with Gasteiger partial charge in [0.05, 0.1) is 10.6 Å². The molecule has 0 aliphatic carbocycles. The van der Waals surface area contributed by atoms with Crippen molar-refractivity contribution in [1.82, 2.24) is 0 Å². The summed E-state index contributed by atoms with van der Waals surface area (Å²) in [6.45, 7) is 0.133. The standard InChI is InChI=1S/C18H15FN2O7/c1-11(22)12-3-2-4-14(7-12)27-10-18(24)28-9-17(23)20-16-8-13(21(25)26)5-6-15(16)19/h2-8H,9-10H2,1H3,(H,20,23). The molecule has 0 radical (unpaired) electrons. The number of nitrogens with zero attached hydrogens (tertiary/aromatic N) is 1. The molecule has 0 saturated carbocycles. The molecule has 0 unspecified atom stereocenters. The fourth-order valence-corrected chi connectivity index (χ4v) is 2.04. The van der Waals surface area contributed by atoms with Gasteiger partial charge >= 0.3 is 5.97 Å². The second-order valence-electron chi connectivity index (χ2n) is 5.50. The highest BCUT2D eigenvalue weighted by Gasteiger charge is 2.14. The number of non-ortho nitro benzene ring substituents is 1. The van der Waals surface area contributed by atoms with Gasteiger partial charge in [-0.2, -0.15) is 0 Å². The molecule has 0 spiro atoms. The predicted molar refractivity (Wildman–Crippen MR) is 94.6 cm³/mol. The molecule has 146 valence electrons. The van der Waals surface area contributed by atoms with E-state index in [0.717, 1.165) is 18.2 Å². The number of nitro groups is 1. The molecule has 0 saturated heterocycles. The molecule has 0 bridgehead atoms. The third-order valence-electron chi connectivity index (χ3n) is 3.40. The monoisotopic (exact) mass is 390 g/mol. The Morgan fingerprint density at radius 1 is 1.14 bits per heavy atom. The molecule has 0 fully saturated rings. The summed E-state index contributed by atoms with van der Waals surface area (Å²) in [7, 11) is 0. The van der Waals surface area contributed by atoms with E-state index >= 15 is 0 Å². The third-order valence-corrected chi connectivity index (χ3v) is 3.40. The van der Waals surface area contributed by atoms with Crippen molar-refractivity contribution in [3.8, 4) is 5.75 Å². The van der Waals surface area contributed by atoms with E-state index in [1.165, 1.54) is 19.1 Å². The Balaban J connectivity index is 1.83. The summed E-state index contributed by atoms with van der Waals surface area (Å²) < 4.78 is 23.5. The minimum absolute atomic E-state index is 0.168. The lowest BCUT2D eigenvalue weighted by atomic mass is 10.1. The summed E-state index contributed by atoms with van der Waals surface area (Å²) >= 11 is 0. The second-order valence-corrected chi connectivity index (χ2v) is 5.50. The number of hydrogen-bond acceptors (Lipinski definition) is 7. The molecule has 10 heteroatoms. The van der Waals surface area contributed by atoms with E-state index in [2.05, 4.69) is 5.32 Å². The maximum Gasteiger partial charge on any atom is 0.344 e. The van der Waals surface area contributed by atoms with Crippen molar-refractivity contribution < 1.29 is 33.2 Å². The lowest BCUT2D eigenvalue weighted by Gasteiger charge is -2.09. The molecule has 1 N–H and O–H groups in total. The second kappa shape index (κ2) is 9.21. The number of rotatable bonds is 8. The van der Waals surface area contributed by atoms with E-state index in [0.29, 0.717) is 5.56 Å². The number of esters is 1. The zero-order chi connectivity index (χ0) is 20.7. The molecule has 0 heterocycles. The molecule has 0 aromatic heterocycles. The maximum atomic E-state index is 13.6. The highest BCUT2D eigenvalue weighted by atomic mass is 19.1. The number of Topliss-reactive ketones (excluding diaryl/α,β-unsaturated/α-hetero) is 1. The number of amides is 1. The van der Waals surface area contributed by atoms with Crippen LogP contribution < -0.4 is 10.1 Å². The quantitative estimate of drug-likeness (QED) is 0.318. The minimum Gasteiger partial charge on any atom is -0.482 e. The SMILES string of the molecule is CC(=O)c1cccc(OCC(=O)OCC(=O)Nc2cc([N+](=O)[O-])ccc2F)c1. The summed E-state index contributed by atoms with van der Waals surface area (Å²) in [6, 6.07) is 8.79. The minimum atomic E-state index is -0.883. The average molecular weight is 390 g/mol. The Bertz CT molecular complexity index is 930. The maximum absolute atomic E-state index is 13.6. The number of benzene rings is 2. The summed E-state index contributed by atoms with van der Waals surface area (Å²) in [5, 5.41) is 12.8. The number of ether oxygens (including phenoxy) is 2. The first kappa shape index (κ1) is 20.5. The van der Waals surface area contributed by atoms with Gasteiger partial charge in [-0.1, -0.05) is 12.1 Å². The highest BCUT2D eigenvalue weighted by molar-refractivity contribution is 5.94. The molecule has 28 heavy (non-hydrogen) atoms. The number of carbonyl (C=O) groups is 3. The van der Waals surface area contributed by atoms with Crippen LogP contribution in [0.5, 0.6) is 5.75 Å². The molecule has 0 aliphatic heterocycles. The number of nitro benzene ring substituents is 1. The Morgan fingerprint density at radius 3 is 2.57 bits per heavy atom. The Morgan fingerprint density at radius 2 is 1.89 bits per heavy atom. The van der Waals surface area contributed by atoms with Crippen LogP contribution in [-0.4, -0.2) is 35.8 Å². The predicted octanol–water partition coefficient (Wildman–Crippen LogP) is 2.50. The van der Waals surface area contributed by atoms with Gasteiger partial charge in [0.25, 0.3) is 11.6 Å². The average Bonchev–Trinajstić information content (AvgIpc) is 2.66. The smallest absolute Gasteiger partial charge is 0.344 e. The summed E-state index contributed by atoms with van der Waals surface area (Å²) in [4.78, 5) is 44.6. The third kappa shape index (κ3) is 5.87. The lowest BCUT2D eigenvalue weighted by molar-refractivity contribution is -0.384. The van der Waals surface area contributed by atoms with Gasteiger partial charge in [-0.05, 0) is 25.1 Å². The number of ketones is 1. The Hall–Kier alpha value is -3.82. The molecule has 0 aliphatic rings. The van der Waals surface area contributed by atoms with Gasteiger partial charge in [0, 0.05) is 17.7 Å². The van der Waals surface area contributed by atoms with Gasteiger partial charge in [0.2, 0.25) is 0 Å². The van der Waals surface area contributed by atoms with E-state index in [4.69, 9.17) is 9.47 Å². The van der Waals surface area contributed by atoms with Gasteiger partial charge in [-0.25, -0.2) is 9.18 Å². The lowest BCUT2D eigenvalue weighted by Crippen LogP contribution is -2.24. The Kier molecular flexibility index (Phi) is 6.74. The molecule has 2 rings (SSSR count). The molecule has 1 amide bonds. The van der Waals surface area contributed by atoms with E-state index in [1.54, 1.807) is 12.1 Å². The molecule has 2 aromatic rings. The van der Waals surface area contributed by atoms with Crippen molar-refractivity contribution in [2.45, 2.75) is 6.92 Å². The largest absolute Gasteiger partial charge is 0.482 e. The van der Waals surface area contributed by atoms with Crippen LogP contribution in [0.2, 0.25) is 0 Å². The van der Waals surface area contributed by atoms with Crippen molar-refractivity contribution in [3.05, 3.63) is 64.0 Å². The van der Waals surface area contributed by atoms with Crippen LogP contribution in [0.15, 0.2) is 42.5 Å². The van der Waals surface area contributed by atoms with Crippen LogP contribution in [0.4, 0.5) is 15.8 Å². The van der Waals surface area contributed by atoms with Crippen LogP contribution in [0.3, 0.4) is 0 Å². The highest BCUT2D eigenvalue weighted by Crippen LogP contribution is 2.21. The summed E-state index contributed by atoms with van der Waals surface area (Å²) in [5.41, 5.74) is -0.411. The van der Waals surface area contributed by atoms with E-state index in [-0.39, 0.29) is 11.5 Å². The topological polar surface area (TPSA) is 125 Å². The van der Waals surface area contributed by atoms with Crippen molar-refractivity contribution in [2.75, 3.05) is 18.5 Å².